The lowest BCUT2D eigenvalue weighted by atomic mass is 9.91. The first-order valence-corrected chi connectivity index (χ1v) is 6.80. The third-order valence-corrected chi connectivity index (χ3v) is 4.48. The highest BCUT2D eigenvalue weighted by molar-refractivity contribution is 7.99. The van der Waals surface area contributed by atoms with Crippen molar-refractivity contribution in [3.05, 3.63) is 18.0 Å². The zero-order valence-electron chi connectivity index (χ0n) is 9.65. The summed E-state index contributed by atoms with van der Waals surface area (Å²) < 4.78 is 0. The van der Waals surface area contributed by atoms with Crippen LogP contribution >= 0.6 is 11.8 Å². The Labute approximate surface area is 100 Å². The Morgan fingerprint density at radius 3 is 2.88 bits per heavy atom. The molecule has 0 spiro atoms. The van der Waals surface area contributed by atoms with Crippen molar-refractivity contribution in [2.45, 2.75) is 24.9 Å². The van der Waals surface area contributed by atoms with Crippen LogP contribution in [-0.2, 0) is 6.54 Å². The highest BCUT2D eigenvalue weighted by Gasteiger charge is 2.35. The minimum absolute atomic E-state index is 0.0314. The number of H-pyrrole nitrogens is 1. The largest absolute Gasteiger partial charge is 0.394 e. The molecule has 90 valence electrons. The molecule has 0 atom stereocenters. The topological polar surface area (TPSA) is 52.2 Å². The predicted molar refractivity (Wildman–Crippen MR) is 66.4 cm³/mol. The van der Waals surface area contributed by atoms with E-state index >= 15 is 0 Å². The van der Waals surface area contributed by atoms with Crippen molar-refractivity contribution in [3.63, 3.8) is 0 Å². The molecule has 1 fully saturated rings. The van der Waals surface area contributed by atoms with Gasteiger partial charge in [-0.3, -0.25) is 10.00 Å². The maximum absolute atomic E-state index is 9.66. The van der Waals surface area contributed by atoms with Crippen LogP contribution in [0.15, 0.2) is 12.3 Å². The second kappa shape index (κ2) is 5.21. The molecule has 2 N–H and O–H groups in total. The predicted octanol–water partition coefficient (Wildman–Crippen LogP) is 1.10. The molecule has 5 heteroatoms. The fraction of sp³-hybridized carbons (Fsp3) is 0.727. The van der Waals surface area contributed by atoms with E-state index in [2.05, 4.69) is 22.1 Å². The monoisotopic (exact) mass is 241 g/mol. The van der Waals surface area contributed by atoms with Gasteiger partial charge in [0.25, 0.3) is 0 Å². The number of hydrogen-bond donors (Lipinski definition) is 2. The lowest BCUT2D eigenvalue weighted by Gasteiger charge is -2.43. The standard InChI is InChI=1S/C11H19N3OS/c1-14(8-10-2-5-12-13-10)11(9-15)3-6-16-7-4-11/h2,5,15H,3-4,6-9H2,1H3,(H,12,13). The van der Waals surface area contributed by atoms with Crippen molar-refractivity contribution < 1.29 is 5.11 Å². The van der Waals surface area contributed by atoms with E-state index in [1.165, 1.54) is 0 Å². The molecular formula is C11H19N3OS. The Morgan fingerprint density at radius 2 is 2.31 bits per heavy atom. The van der Waals surface area contributed by atoms with Crippen molar-refractivity contribution >= 4 is 11.8 Å². The summed E-state index contributed by atoms with van der Waals surface area (Å²) in [4.78, 5) is 2.26. The van der Waals surface area contributed by atoms with Crippen molar-refractivity contribution in [2.75, 3.05) is 25.2 Å². The second-order valence-corrected chi connectivity index (χ2v) is 5.66. The number of aliphatic hydroxyl groups excluding tert-OH is 1. The molecule has 1 aliphatic heterocycles. The van der Waals surface area contributed by atoms with Gasteiger partial charge in [-0.15, -0.1) is 0 Å². The van der Waals surface area contributed by atoms with E-state index in [9.17, 15) is 5.11 Å². The Morgan fingerprint density at radius 1 is 1.56 bits per heavy atom. The molecule has 1 aromatic heterocycles. The van der Waals surface area contributed by atoms with Crippen molar-refractivity contribution in [2.24, 2.45) is 0 Å². The maximum atomic E-state index is 9.66. The maximum Gasteiger partial charge on any atom is 0.0616 e. The fourth-order valence-electron chi connectivity index (χ4n) is 2.21. The van der Waals surface area contributed by atoms with Gasteiger partial charge in [-0.2, -0.15) is 16.9 Å². The van der Waals surface area contributed by atoms with Gasteiger partial charge in [0.1, 0.15) is 0 Å². The molecule has 0 aromatic carbocycles. The Bertz CT molecular complexity index is 309. The van der Waals surface area contributed by atoms with E-state index in [0.717, 1.165) is 36.6 Å². The number of nitrogens with zero attached hydrogens (tertiary/aromatic N) is 2. The summed E-state index contributed by atoms with van der Waals surface area (Å²) in [5, 5.41) is 16.6. The number of nitrogens with one attached hydrogen (secondary N) is 1. The van der Waals surface area contributed by atoms with Crippen molar-refractivity contribution in [1.29, 1.82) is 0 Å². The highest BCUT2D eigenvalue weighted by atomic mass is 32.2. The molecule has 0 bridgehead atoms. The molecule has 1 saturated heterocycles. The number of likely N-dealkylation sites (N-methyl/N-ethyl adjacent to an activating group) is 1. The lowest BCUT2D eigenvalue weighted by molar-refractivity contribution is 0.0353. The Hall–Kier alpha value is -0.520. The van der Waals surface area contributed by atoms with Gasteiger partial charge in [-0.25, -0.2) is 0 Å². The van der Waals surface area contributed by atoms with Crippen LogP contribution in [0.1, 0.15) is 18.5 Å². The number of hydrogen-bond acceptors (Lipinski definition) is 4. The number of rotatable bonds is 4. The highest BCUT2D eigenvalue weighted by Crippen LogP contribution is 2.32. The number of aromatic nitrogens is 2. The van der Waals surface area contributed by atoms with Crippen molar-refractivity contribution in [3.8, 4) is 0 Å². The SMILES string of the molecule is CN(Cc1ccn[nH]1)C1(CO)CCSCC1. The third-order valence-electron chi connectivity index (χ3n) is 3.49. The zero-order valence-corrected chi connectivity index (χ0v) is 10.5. The number of aromatic amines is 1. The molecule has 1 aromatic rings. The molecule has 0 radical (unpaired) electrons. The van der Waals surface area contributed by atoms with E-state index in [1.54, 1.807) is 6.20 Å². The van der Waals surface area contributed by atoms with Crippen LogP contribution in [0.3, 0.4) is 0 Å². The van der Waals surface area contributed by atoms with E-state index in [0.29, 0.717) is 0 Å². The van der Waals surface area contributed by atoms with Crippen LogP contribution in [-0.4, -0.2) is 50.9 Å². The minimum Gasteiger partial charge on any atom is -0.394 e. The molecule has 0 amide bonds. The van der Waals surface area contributed by atoms with Gasteiger partial charge in [0.05, 0.1) is 6.61 Å². The average molecular weight is 241 g/mol. The summed E-state index contributed by atoms with van der Waals surface area (Å²) in [6.45, 7) is 1.07. The molecule has 0 saturated carbocycles. The van der Waals surface area contributed by atoms with E-state index < -0.39 is 0 Å². The van der Waals surface area contributed by atoms with Gasteiger partial charge in [-0.1, -0.05) is 0 Å². The number of thioether (sulfide) groups is 1. The molecule has 0 aliphatic carbocycles. The first-order chi connectivity index (χ1) is 7.77. The summed E-state index contributed by atoms with van der Waals surface area (Å²) in [6.07, 6.45) is 3.91. The molecule has 16 heavy (non-hydrogen) atoms. The summed E-state index contributed by atoms with van der Waals surface area (Å²) in [6, 6.07) is 1.99. The summed E-state index contributed by atoms with van der Waals surface area (Å²) in [5.41, 5.74) is 1.07. The van der Waals surface area contributed by atoms with E-state index in [4.69, 9.17) is 0 Å². The van der Waals surface area contributed by atoms with Gasteiger partial charge in [0, 0.05) is 24.0 Å². The molecular weight excluding hydrogens is 222 g/mol. The number of aliphatic hydroxyl groups is 1. The quantitative estimate of drug-likeness (QED) is 0.829. The second-order valence-electron chi connectivity index (χ2n) is 4.43. The van der Waals surface area contributed by atoms with Gasteiger partial charge in [0.15, 0.2) is 0 Å². The molecule has 1 aliphatic rings. The van der Waals surface area contributed by atoms with Crippen LogP contribution in [0.25, 0.3) is 0 Å². The van der Waals surface area contributed by atoms with E-state index in [-0.39, 0.29) is 12.1 Å². The van der Waals surface area contributed by atoms with Crippen LogP contribution in [0.5, 0.6) is 0 Å². The molecule has 4 nitrogen and oxygen atoms in total. The van der Waals surface area contributed by atoms with Crippen LogP contribution in [0, 0.1) is 0 Å². The molecule has 2 rings (SSSR count). The lowest BCUT2D eigenvalue weighted by Crippen LogP contribution is -2.51. The zero-order chi connectivity index (χ0) is 11.4. The first kappa shape index (κ1) is 12.0. The molecule has 2 heterocycles. The van der Waals surface area contributed by atoms with E-state index in [1.807, 2.05) is 17.8 Å². The molecule has 0 unspecified atom stereocenters. The first-order valence-electron chi connectivity index (χ1n) is 5.65. The van der Waals surface area contributed by atoms with Gasteiger partial charge in [0.2, 0.25) is 0 Å². The smallest absolute Gasteiger partial charge is 0.0616 e. The Balaban J connectivity index is 2.02. The van der Waals surface area contributed by atoms with Crippen LogP contribution in [0.2, 0.25) is 0 Å². The summed E-state index contributed by atoms with van der Waals surface area (Å²) in [5.74, 6) is 2.29. The van der Waals surface area contributed by atoms with Crippen LogP contribution in [0.4, 0.5) is 0 Å². The average Bonchev–Trinajstić information content (AvgIpc) is 2.82. The summed E-state index contributed by atoms with van der Waals surface area (Å²) in [7, 11) is 2.09. The summed E-state index contributed by atoms with van der Waals surface area (Å²) >= 11 is 1.98. The van der Waals surface area contributed by atoms with Crippen molar-refractivity contribution in [1.82, 2.24) is 15.1 Å². The third kappa shape index (κ3) is 2.42. The van der Waals surface area contributed by atoms with Gasteiger partial charge >= 0.3 is 0 Å². The van der Waals surface area contributed by atoms with Crippen LogP contribution < -0.4 is 0 Å². The van der Waals surface area contributed by atoms with Gasteiger partial charge < -0.3 is 5.11 Å². The van der Waals surface area contributed by atoms with Gasteiger partial charge in [-0.05, 0) is 37.5 Å². The fourth-order valence-corrected chi connectivity index (χ4v) is 3.46. The Kier molecular flexibility index (Phi) is 3.89. The minimum atomic E-state index is -0.0314. The normalized spacial score (nSPS) is 20.2.